The summed E-state index contributed by atoms with van der Waals surface area (Å²) in [6, 6.07) is 9.39. The molecule has 0 aromatic heterocycles. The van der Waals surface area contributed by atoms with Crippen molar-refractivity contribution < 1.29 is 42.5 Å². The fraction of sp³-hybridized carbons (Fsp3) is 0.500. The maximum absolute atomic E-state index is 11.7. The second-order valence-corrected chi connectivity index (χ2v) is 7.87. The van der Waals surface area contributed by atoms with Gasteiger partial charge in [0.1, 0.15) is 10.1 Å². The van der Waals surface area contributed by atoms with Crippen LogP contribution in [0, 0.1) is 0 Å². The van der Waals surface area contributed by atoms with Crippen LogP contribution in [-0.4, -0.2) is 13.0 Å². The zero-order valence-electron chi connectivity index (χ0n) is 15.7. The second kappa shape index (κ2) is 10.7. The van der Waals surface area contributed by atoms with Crippen molar-refractivity contribution in [1.82, 2.24) is 0 Å². The van der Waals surface area contributed by atoms with Crippen molar-refractivity contribution in [3.8, 4) is 0 Å². The summed E-state index contributed by atoms with van der Waals surface area (Å²) in [6.45, 7) is 4.31. The first-order valence-electron chi connectivity index (χ1n) is 8.97. The summed E-state index contributed by atoms with van der Waals surface area (Å²) >= 11 is 0. The molecule has 2 rings (SSSR count). The largest absolute Gasteiger partial charge is 1.00 e. The molecule has 0 unspecified atom stereocenters. The minimum Gasteiger partial charge on any atom is -0.744 e. The summed E-state index contributed by atoms with van der Waals surface area (Å²) in [6.07, 6.45) is 8.52. The van der Waals surface area contributed by atoms with E-state index in [1.165, 1.54) is 18.4 Å². The van der Waals surface area contributed by atoms with E-state index in [1.807, 2.05) is 18.2 Å². The van der Waals surface area contributed by atoms with Gasteiger partial charge in [0.25, 0.3) is 0 Å². The summed E-state index contributed by atoms with van der Waals surface area (Å²) in [5, 5.41) is 1.41. The number of fused-ring (bicyclic) bond motifs is 1. The third kappa shape index (κ3) is 6.69. The number of rotatable bonds is 9. The monoisotopic (exact) mass is 370 g/mol. The Labute approximate surface area is 174 Å². The van der Waals surface area contributed by atoms with E-state index in [1.54, 1.807) is 12.1 Å². The molecule has 0 saturated heterocycles. The Morgan fingerprint density at radius 2 is 1.40 bits per heavy atom. The Morgan fingerprint density at radius 1 is 0.840 bits per heavy atom. The third-order valence-corrected chi connectivity index (χ3v) is 5.32. The fourth-order valence-electron chi connectivity index (χ4n) is 3.11. The van der Waals surface area contributed by atoms with Crippen LogP contribution in [-0.2, 0) is 23.0 Å². The maximum atomic E-state index is 11.7. The van der Waals surface area contributed by atoms with E-state index in [-0.39, 0.29) is 34.5 Å². The molecular formula is C20H27NaO3S. The topological polar surface area (TPSA) is 57.2 Å². The van der Waals surface area contributed by atoms with Gasteiger partial charge in [-0.1, -0.05) is 63.8 Å². The first-order valence-corrected chi connectivity index (χ1v) is 10.4. The van der Waals surface area contributed by atoms with Gasteiger partial charge < -0.3 is 4.55 Å². The van der Waals surface area contributed by atoms with E-state index in [0.717, 1.165) is 49.5 Å². The smallest absolute Gasteiger partial charge is 0.744 e. The van der Waals surface area contributed by atoms with Gasteiger partial charge in [0.2, 0.25) is 0 Å². The van der Waals surface area contributed by atoms with Crippen LogP contribution in [0.25, 0.3) is 10.8 Å². The van der Waals surface area contributed by atoms with Gasteiger partial charge in [-0.3, -0.25) is 0 Å². The van der Waals surface area contributed by atoms with Crippen molar-refractivity contribution in [3.05, 3.63) is 41.5 Å². The predicted molar refractivity (Wildman–Crippen MR) is 98.4 cm³/mol. The molecule has 0 amide bonds. The van der Waals surface area contributed by atoms with Crippen LogP contribution in [0.5, 0.6) is 0 Å². The molecule has 0 aliphatic rings. The molecule has 2 aromatic carbocycles. The van der Waals surface area contributed by atoms with Crippen molar-refractivity contribution in [2.75, 3.05) is 0 Å². The molecule has 0 aliphatic carbocycles. The minimum absolute atomic E-state index is 0. The van der Waals surface area contributed by atoms with Gasteiger partial charge in [0.05, 0.1) is 4.90 Å². The molecule has 25 heavy (non-hydrogen) atoms. The molecule has 0 bridgehead atoms. The molecule has 0 saturated carbocycles. The molecule has 0 spiro atoms. The number of hydrogen-bond donors (Lipinski definition) is 0. The van der Waals surface area contributed by atoms with Gasteiger partial charge in [-0.2, -0.15) is 0 Å². The molecule has 0 fully saturated rings. The average molecular weight is 370 g/mol. The summed E-state index contributed by atoms with van der Waals surface area (Å²) in [5.41, 5.74) is 2.15. The molecule has 3 nitrogen and oxygen atoms in total. The molecule has 0 atom stereocenters. The molecule has 0 aliphatic heterocycles. The summed E-state index contributed by atoms with van der Waals surface area (Å²) < 4.78 is 35.0. The Morgan fingerprint density at radius 3 is 1.96 bits per heavy atom. The Kier molecular flexibility index (Phi) is 9.68. The van der Waals surface area contributed by atoms with Crippen LogP contribution in [0.4, 0.5) is 0 Å². The normalized spacial score (nSPS) is 11.5. The van der Waals surface area contributed by atoms with E-state index >= 15 is 0 Å². The van der Waals surface area contributed by atoms with Crippen LogP contribution < -0.4 is 29.6 Å². The number of aryl methyl sites for hydroxylation is 2. The Balaban J connectivity index is 0.00000312. The van der Waals surface area contributed by atoms with Crippen molar-refractivity contribution in [1.29, 1.82) is 0 Å². The predicted octanol–water partition coefficient (Wildman–Crippen LogP) is 2.21. The van der Waals surface area contributed by atoms with E-state index in [0.29, 0.717) is 5.39 Å². The van der Waals surface area contributed by atoms with Gasteiger partial charge in [0, 0.05) is 0 Å². The van der Waals surface area contributed by atoms with Crippen molar-refractivity contribution in [2.24, 2.45) is 0 Å². The molecule has 2 aromatic rings. The van der Waals surface area contributed by atoms with Gasteiger partial charge >= 0.3 is 29.6 Å². The van der Waals surface area contributed by atoms with Crippen LogP contribution in [0.3, 0.4) is 0 Å². The second-order valence-electron chi connectivity index (χ2n) is 6.52. The first kappa shape index (κ1) is 22.7. The quantitative estimate of drug-likeness (QED) is 0.386. The Hall–Kier alpha value is -0.390. The molecule has 132 valence electrons. The summed E-state index contributed by atoms with van der Waals surface area (Å²) in [7, 11) is -4.47. The number of hydrogen-bond acceptors (Lipinski definition) is 3. The van der Waals surface area contributed by atoms with E-state index < -0.39 is 10.1 Å². The van der Waals surface area contributed by atoms with Gasteiger partial charge in [-0.25, -0.2) is 8.42 Å². The molecule has 5 heteroatoms. The SMILES string of the molecule is CCCCCc1ccc2c(S(=O)(=O)[O-])cc(CCCCC)cc2c1.[Na+]. The third-order valence-electron chi connectivity index (χ3n) is 4.45. The van der Waals surface area contributed by atoms with Crippen LogP contribution >= 0.6 is 0 Å². The molecular weight excluding hydrogens is 343 g/mol. The van der Waals surface area contributed by atoms with Crippen molar-refractivity contribution in [2.45, 2.75) is 70.1 Å². The number of benzene rings is 2. The van der Waals surface area contributed by atoms with Gasteiger partial charge in [-0.05, 0) is 53.6 Å². The van der Waals surface area contributed by atoms with Gasteiger partial charge in [-0.15, -0.1) is 0 Å². The van der Waals surface area contributed by atoms with Crippen molar-refractivity contribution >= 4 is 20.9 Å². The summed E-state index contributed by atoms with van der Waals surface area (Å²) in [4.78, 5) is -0.0772. The zero-order valence-corrected chi connectivity index (χ0v) is 18.5. The van der Waals surface area contributed by atoms with Crippen LogP contribution in [0.15, 0.2) is 35.2 Å². The van der Waals surface area contributed by atoms with Crippen LogP contribution in [0.1, 0.15) is 63.5 Å². The standard InChI is InChI=1S/C20H28O3S.Na/c1-3-5-7-9-16-11-12-19-18(13-16)14-17(10-8-6-4-2)15-20(19)24(21,22)23;/h11-15H,3-10H2,1-2H3,(H,21,22,23);/q;+1/p-1. The molecule has 0 N–H and O–H groups in total. The molecule has 0 heterocycles. The molecule has 0 radical (unpaired) electrons. The van der Waals surface area contributed by atoms with E-state index in [2.05, 4.69) is 13.8 Å². The van der Waals surface area contributed by atoms with Gasteiger partial charge in [0.15, 0.2) is 0 Å². The number of unbranched alkanes of at least 4 members (excludes halogenated alkanes) is 4. The fourth-order valence-corrected chi connectivity index (χ4v) is 3.86. The first-order chi connectivity index (χ1) is 11.5. The van der Waals surface area contributed by atoms with Crippen molar-refractivity contribution in [3.63, 3.8) is 0 Å². The average Bonchev–Trinajstić information content (AvgIpc) is 2.53. The van der Waals surface area contributed by atoms with E-state index in [4.69, 9.17) is 0 Å². The maximum Gasteiger partial charge on any atom is 1.00 e. The van der Waals surface area contributed by atoms with E-state index in [9.17, 15) is 13.0 Å². The van der Waals surface area contributed by atoms with Crippen LogP contribution in [0.2, 0.25) is 0 Å². The Bertz CT molecular complexity index is 780. The zero-order chi connectivity index (χ0) is 17.6. The summed E-state index contributed by atoms with van der Waals surface area (Å²) in [5.74, 6) is 0. The minimum atomic E-state index is -4.47.